The smallest absolute Gasteiger partial charge is 0.261 e. The summed E-state index contributed by atoms with van der Waals surface area (Å²) >= 11 is 0. The second-order valence-electron chi connectivity index (χ2n) is 8.46. The second kappa shape index (κ2) is 11.0. The van der Waals surface area contributed by atoms with Crippen LogP contribution >= 0.6 is 0 Å². The highest BCUT2D eigenvalue weighted by Crippen LogP contribution is 2.37. The van der Waals surface area contributed by atoms with E-state index < -0.39 is 6.10 Å². The maximum Gasteiger partial charge on any atom is 0.261 e. The van der Waals surface area contributed by atoms with Crippen LogP contribution in [0.3, 0.4) is 0 Å². The molecule has 3 aromatic rings. The first-order chi connectivity index (χ1) is 16.6. The number of nitrogens with zero attached hydrogens (tertiary/aromatic N) is 2. The lowest BCUT2D eigenvalue weighted by molar-refractivity contribution is -0.133. The molecule has 1 aliphatic rings. The molecule has 2 unspecified atom stereocenters. The minimum atomic E-state index is -0.609. The molecule has 1 aromatic heterocycles. The number of ether oxygens (including phenoxy) is 1. The van der Waals surface area contributed by atoms with Gasteiger partial charge < -0.3 is 15.0 Å². The Morgan fingerprint density at radius 3 is 2.65 bits per heavy atom. The average molecular weight is 458 g/mol. The molecule has 2 atom stereocenters. The Kier molecular flexibility index (Phi) is 7.58. The van der Waals surface area contributed by atoms with Crippen LogP contribution in [0.2, 0.25) is 0 Å². The normalized spacial score (nSPS) is 15.8. The molecular formula is C28H31N3O3. The van der Waals surface area contributed by atoms with E-state index in [4.69, 9.17) is 4.74 Å². The third-order valence-electron chi connectivity index (χ3n) is 6.21. The fraction of sp³-hybridized carbons (Fsp3) is 0.321. The number of carbonyl (C=O) groups is 2. The number of aromatic nitrogens is 1. The number of pyridine rings is 1. The van der Waals surface area contributed by atoms with Gasteiger partial charge in [-0.3, -0.25) is 14.6 Å². The molecule has 4 rings (SSSR count). The summed E-state index contributed by atoms with van der Waals surface area (Å²) in [6.45, 7) is 4.92. The Bertz CT molecular complexity index is 1120. The molecule has 2 aromatic carbocycles. The van der Waals surface area contributed by atoms with E-state index in [1.54, 1.807) is 12.4 Å². The topological polar surface area (TPSA) is 71.5 Å². The van der Waals surface area contributed by atoms with Crippen LogP contribution in [0.1, 0.15) is 55.0 Å². The van der Waals surface area contributed by atoms with E-state index in [9.17, 15) is 9.59 Å². The van der Waals surface area contributed by atoms with Crippen LogP contribution in [0.25, 0.3) is 0 Å². The zero-order valence-electron chi connectivity index (χ0n) is 19.7. The van der Waals surface area contributed by atoms with Crippen molar-refractivity contribution in [2.75, 3.05) is 6.54 Å². The lowest BCUT2D eigenvalue weighted by atomic mass is 9.87. The highest BCUT2D eigenvalue weighted by Gasteiger charge is 2.32. The van der Waals surface area contributed by atoms with Crippen molar-refractivity contribution in [3.8, 4) is 5.75 Å². The maximum atomic E-state index is 12.8. The predicted octanol–water partition coefficient (Wildman–Crippen LogP) is 4.44. The average Bonchev–Trinajstić information content (AvgIpc) is 2.90. The number of benzene rings is 2. The second-order valence-corrected chi connectivity index (χ2v) is 8.46. The van der Waals surface area contributed by atoms with E-state index in [1.807, 2.05) is 61.2 Å². The molecule has 34 heavy (non-hydrogen) atoms. The van der Waals surface area contributed by atoms with Gasteiger partial charge in [0.25, 0.3) is 5.91 Å². The Balaban J connectivity index is 1.56. The lowest BCUT2D eigenvalue weighted by Crippen LogP contribution is -2.40. The van der Waals surface area contributed by atoms with E-state index >= 15 is 0 Å². The first kappa shape index (κ1) is 23.5. The number of nitrogens with one attached hydrogen (secondary N) is 1. The summed E-state index contributed by atoms with van der Waals surface area (Å²) in [6.07, 6.45) is 4.63. The first-order valence-electron chi connectivity index (χ1n) is 11.9. The van der Waals surface area contributed by atoms with E-state index in [0.29, 0.717) is 31.7 Å². The third-order valence-corrected chi connectivity index (χ3v) is 6.21. The van der Waals surface area contributed by atoms with Gasteiger partial charge in [0.15, 0.2) is 6.10 Å². The zero-order valence-corrected chi connectivity index (χ0v) is 19.7. The van der Waals surface area contributed by atoms with E-state index in [-0.39, 0.29) is 17.9 Å². The van der Waals surface area contributed by atoms with Crippen molar-refractivity contribution < 1.29 is 14.3 Å². The zero-order chi connectivity index (χ0) is 23.9. The number of rotatable bonds is 8. The van der Waals surface area contributed by atoms with Crippen molar-refractivity contribution in [3.05, 3.63) is 95.3 Å². The van der Waals surface area contributed by atoms with Crippen molar-refractivity contribution in [3.63, 3.8) is 0 Å². The molecule has 1 N–H and O–H groups in total. The summed E-state index contributed by atoms with van der Waals surface area (Å²) in [5.74, 6) is 0.604. The highest BCUT2D eigenvalue weighted by molar-refractivity contribution is 5.81. The molecule has 0 radical (unpaired) electrons. The lowest BCUT2D eigenvalue weighted by Gasteiger charge is -2.38. The molecule has 1 aliphatic heterocycles. The maximum absolute atomic E-state index is 12.8. The van der Waals surface area contributed by atoms with Gasteiger partial charge in [-0.05, 0) is 53.3 Å². The standard InChI is InChI=1S/C28H31N3O3/c1-3-25(28(33)30-19-20-9-8-15-29-18-20)34-23-13-12-21-14-16-31(26(32)4-2)27(24(21)17-23)22-10-6-5-7-11-22/h5-13,15,17-18,25,27H,3-4,14,16,19H2,1-2H3,(H,30,33). The summed E-state index contributed by atoms with van der Waals surface area (Å²) in [5, 5.41) is 2.94. The monoisotopic (exact) mass is 457 g/mol. The van der Waals surface area contributed by atoms with Crippen LogP contribution in [0.15, 0.2) is 73.1 Å². The van der Waals surface area contributed by atoms with Crippen molar-refractivity contribution in [1.82, 2.24) is 15.2 Å². The van der Waals surface area contributed by atoms with E-state index in [1.165, 1.54) is 5.56 Å². The molecule has 6 nitrogen and oxygen atoms in total. The largest absolute Gasteiger partial charge is 0.481 e. The van der Waals surface area contributed by atoms with Crippen molar-refractivity contribution in [2.24, 2.45) is 0 Å². The molecule has 0 saturated carbocycles. The van der Waals surface area contributed by atoms with Crippen molar-refractivity contribution in [1.29, 1.82) is 0 Å². The Labute approximate surface area is 201 Å². The van der Waals surface area contributed by atoms with Gasteiger partial charge in [-0.15, -0.1) is 0 Å². The van der Waals surface area contributed by atoms with Crippen molar-refractivity contribution >= 4 is 11.8 Å². The van der Waals surface area contributed by atoms with Crippen LogP contribution in [0.5, 0.6) is 5.75 Å². The van der Waals surface area contributed by atoms with E-state index in [2.05, 4.69) is 28.5 Å². The SMILES string of the molecule is CCC(=O)N1CCc2ccc(OC(CC)C(=O)NCc3cccnc3)cc2C1c1ccccc1. The number of hydrogen-bond donors (Lipinski definition) is 1. The molecule has 2 heterocycles. The molecule has 2 amide bonds. The minimum Gasteiger partial charge on any atom is -0.481 e. The fourth-order valence-corrected chi connectivity index (χ4v) is 4.43. The fourth-order valence-electron chi connectivity index (χ4n) is 4.43. The van der Waals surface area contributed by atoms with Gasteiger partial charge in [0.2, 0.25) is 5.91 Å². The molecule has 0 fully saturated rings. The highest BCUT2D eigenvalue weighted by atomic mass is 16.5. The van der Waals surface area contributed by atoms with Crippen molar-refractivity contribution in [2.45, 2.75) is 51.8 Å². The summed E-state index contributed by atoms with van der Waals surface area (Å²) in [4.78, 5) is 31.6. The Morgan fingerprint density at radius 1 is 1.12 bits per heavy atom. The van der Waals surface area contributed by atoms with E-state index in [0.717, 1.165) is 23.1 Å². The van der Waals surface area contributed by atoms with Gasteiger partial charge in [0.1, 0.15) is 5.75 Å². The van der Waals surface area contributed by atoms with Gasteiger partial charge in [0, 0.05) is 31.9 Å². The summed E-state index contributed by atoms with van der Waals surface area (Å²) < 4.78 is 6.16. The van der Waals surface area contributed by atoms with Gasteiger partial charge in [-0.2, -0.15) is 0 Å². The number of amides is 2. The van der Waals surface area contributed by atoms with Gasteiger partial charge in [0.05, 0.1) is 6.04 Å². The van der Waals surface area contributed by atoms with Crippen LogP contribution in [0.4, 0.5) is 0 Å². The van der Waals surface area contributed by atoms with Crippen LogP contribution in [0, 0.1) is 0 Å². The minimum absolute atomic E-state index is 0.132. The molecule has 176 valence electrons. The van der Waals surface area contributed by atoms with Crippen LogP contribution in [-0.4, -0.2) is 34.3 Å². The Morgan fingerprint density at radius 2 is 1.94 bits per heavy atom. The van der Waals surface area contributed by atoms with Crippen LogP contribution in [-0.2, 0) is 22.6 Å². The van der Waals surface area contributed by atoms with Gasteiger partial charge >= 0.3 is 0 Å². The van der Waals surface area contributed by atoms with Gasteiger partial charge in [-0.1, -0.05) is 56.3 Å². The predicted molar refractivity (Wildman–Crippen MR) is 131 cm³/mol. The molecule has 0 saturated heterocycles. The molecule has 0 spiro atoms. The number of carbonyl (C=O) groups excluding carboxylic acids is 2. The molecular weight excluding hydrogens is 426 g/mol. The summed E-state index contributed by atoms with van der Waals surface area (Å²) in [7, 11) is 0. The molecule has 0 aliphatic carbocycles. The summed E-state index contributed by atoms with van der Waals surface area (Å²) in [5.41, 5.74) is 4.27. The summed E-state index contributed by atoms with van der Waals surface area (Å²) in [6, 6.07) is 19.7. The number of fused-ring (bicyclic) bond motifs is 1. The quantitative estimate of drug-likeness (QED) is 0.543. The Hall–Kier alpha value is -3.67. The molecule has 0 bridgehead atoms. The number of hydrogen-bond acceptors (Lipinski definition) is 4. The van der Waals surface area contributed by atoms with Crippen LogP contribution < -0.4 is 10.1 Å². The van der Waals surface area contributed by atoms with Gasteiger partial charge in [-0.25, -0.2) is 0 Å². The molecule has 6 heteroatoms. The first-order valence-corrected chi connectivity index (χ1v) is 11.9. The third kappa shape index (κ3) is 5.28.